The van der Waals surface area contributed by atoms with Crippen LogP contribution < -0.4 is 4.74 Å². The first-order valence-electron chi connectivity index (χ1n) is 7.98. The molecule has 2 unspecified atom stereocenters. The summed E-state index contributed by atoms with van der Waals surface area (Å²) in [7, 11) is 3.29. The zero-order valence-corrected chi connectivity index (χ0v) is 14.1. The van der Waals surface area contributed by atoms with Crippen LogP contribution in [0.1, 0.15) is 31.2 Å². The molecule has 0 amide bonds. The van der Waals surface area contributed by atoms with Crippen LogP contribution in [0.2, 0.25) is 0 Å². The highest BCUT2D eigenvalue weighted by Gasteiger charge is 2.48. The number of aliphatic hydroxyl groups is 1. The third kappa shape index (κ3) is 3.21. The molecule has 2 heterocycles. The van der Waals surface area contributed by atoms with Crippen LogP contribution in [-0.4, -0.2) is 52.0 Å². The van der Waals surface area contributed by atoms with E-state index >= 15 is 0 Å². The number of hydrogen-bond donors (Lipinski definition) is 1. The minimum Gasteiger partial charge on any atom is -0.492 e. The van der Waals surface area contributed by atoms with E-state index in [0.29, 0.717) is 19.4 Å². The topological polar surface area (TPSA) is 49.8 Å². The lowest BCUT2D eigenvalue weighted by atomic mass is 9.86. The first-order chi connectivity index (χ1) is 10.5. The quantitative estimate of drug-likeness (QED) is 0.899. The molecular weight excluding hydrogens is 298 g/mol. The summed E-state index contributed by atoms with van der Waals surface area (Å²) in [5, 5.41) is 11.3. The zero-order chi connectivity index (χ0) is 15.7. The van der Waals surface area contributed by atoms with Crippen molar-refractivity contribution in [2.75, 3.05) is 27.2 Å². The normalized spacial score (nSPS) is 34.1. The highest BCUT2D eigenvalue weighted by molar-refractivity contribution is 7.86. The smallest absolute Gasteiger partial charge is 0.119 e. The van der Waals surface area contributed by atoms with Crippen molar-refractivity contribution in [3.8, 4) is 5.75 Å². The van der Waals surface area contributed by atoms with Crippen molar-refractivity contribution in [1.82, 2.24) is 4.90 Å². The Hall–Kier alpha value is -0.910. The molecule has 0 saturated carbocycles. The van der Waals surface area contributed by atoms with Gasteiger partial charge in [-0.1, -0.05) is 12.1 Å². The first kappa shape index (κ1) is 16.0. The van der Waals surface area contributed by atoms with E-state index < -0.39 is 16.4 Å². The molecule has 5 heteroatoms. The fraction of sp³-hybridized carbons (Fsp3) is 0.647. The second kappa shape index (κ2) is 6.30. The van der Waals surface area contributed by atoms with E-state index in [9.17, 15) is 9.32 Å². The van der Waals surface area contributed by atoms with Crippen molar-refractivity contribution in [1.29, 1.82) is 0 Å². The summed E-state index contributed by atoms with van der Waals surface area (Å²) in [6.45, 7) is 1.53. The number of fused-ring (bicyclic) bond motifs is 2. The van der Waals surface area contributed by atoms with Crippen molar-refractivity contribution < 1.29 is 14.1 Å². The number of nitrogens with zero attached hydrogens (tertiary/aromatic N) is 1. The Morgan fingerprint density at radius 2 is 1.82 bits per heavy atom. The van der Waals surface area contributed by atoms with Crippen LogP contribution in [0.5, 0.6) is 5.75 Å². The van der Waals surface area contributed by atoms with Gasteiger partial charge in [0.05, 0.1) is 5.60 Å². The standard InChI is InChI=1S/C17H25NO3S/c1-18(2)9-10-21-14-5-3-13(4-6-14)17(19)11-15-7-8-16(12-17)22(15)20/h3-6,15-16,19H,7-12H2,1-2H3. The van der Waals surface area contributed by atoms with Gasteiger partial charge >= 0.3 is 0 Å². The third-order valence-corrected chi connectivity index (χ3v) is 6.92. The predicted octanol–water partition coefficient (Wildman–Crippen LogP) is 1.89. The van der Waals surface area contributed by atoms with Crippen LogP contribution in [-0.2, 0) is 16.4 Å². The molecule has 0 spiro atoms. The van der Waals surface area contributed by atoms with Gasteiger partial charge in [0.25, 0.3) is 0 Å². The predicted molar refractivity (Wildman–Crippen MR) is 88.6 cm³/mol. The van der Waals surface area contributed by atoms with Crippen molar-refractivity contribution in [3.63, 3.8) is 0 Å². The van der Waals surface area contributed by atoms with Crippen LogP contribution in [0.25, 0.3) is 0 Å². The maximum absolute atomic E-state index is 12.1. The molecule has 22 heavy (non-hydrogen) atoms. The van der Waals surface area contributed by atoms with Crippen molar-refractivity contribution in [2.45, 2.75) is 41.8 Å². The van der Waals surface area contributed by atoms with Crippen LogP contribution in [0.3, 0.4) is 0 Å². The van der Waals surface area contributed by atoms with E-state index in [1.807, 2.05) is 38.4 Å². The maximum atomic E-state index is 12.1. The highest BCUT2D eigenvalue weighted by atomic mass is 32.2. The van der Waals surface area contributed by atoms with E-state index in [4.69, 9.17) is 4.74 Å². The number of benzene rings is 1. The van der Waals surface area contributed by atoms with E-state index in [1.54, 1.807) is 0 Å². The fourth-order valence-corrected chi connectivity index (χ4v) is 5.69. The Bertz CT molecular complexity index is 527. The summed E-state index contributed by atoms with van der Waals surface area (Å²) in [5.41, 5.74) is 0.114. The minimum absolute atomic E-state index is 0.166. The monoisotopic (exact) mass is 323 g/mol. The lowest BCUT2D eigenvalue weighted by Crippen LogP contribution is -2.40. The van der Waals surface area contributed by atoms with E-state index in [0.717, 1.165) is 30.7 Å². The van der Waals surface area contributed by atoms with Crippen LogP contribution in [0.15, 0.2) is 24.3 Å². The second-order valence-corrected chi connectivity index (χ2v) is 8.76. The van der Waals surface area contributed by atoms with Crippen LogP contribution >= 0.6 is 0 Å². The first-order valence-corrected chi connectivity index (χ1v) is 9.25. The van der Waals surface area contributed by atoms with Gasteiger partial charge in [0.15, 0.2) is 0 Å². The Morgan fingerprint density at radius 3 is 2.36 bits per heavy atom. The number of ether oxygens (including phenoxy) is 1. The largest absolute Gasteiger partial charge is 0.492 e. The van der Waals surface area contributed by atoms with Gasteiger partial charge in [-0.25, -0.2) is 0 Å². The minimum atomic E-state index is -0.818. The Morgan fingerprint density at radius 1 is 1.23 bits per heavy atom. The SMILES string of the molecule is CN(C)CCOc1ccc(C2(O)CC3CCC(C2)S3=O)cc1. The molecule has 1 N–H and O–H groups in total. The Kier molecular flexibility index (Phi) is 4.57. The summed E-state index contributed by atoms with van der Waals surface area (Å²) in [6.07, 6.45) is 3.23. The second-order valence-electron chi connectivity index (χ2n) is 6.77. The van der Waals surface area contributed by atoms with Crippen molar-refractivity contribution >= 4 is 10.8 Å². The lowest BCUT2D eigenvalue weighted by molar-refractivity contribution is 0.0184. The molecule has 2 atom stereocenters. The molecule has 1 aromatic carbocycles. The number of hydrogen-bond acceptors (Lipinski definition) is 4. The third-order valence-electron chi connectivity index (χ3n) is 4.80. The van der Waals surface area contributed by atoms with Gasteiger partial charge < -0.3 is 14.7 Å². The zero-order valence-electron chi connectivity index (χ0n) is 13.3. The summed E-state index contributed by atoms with van der Waals surface area (Å²) < 4.78 is 17.8. The molecule has 0 radical (unpaired) electrons. The summed E-state index contributed by atoms with van der Waals surface area (Å²) in [4.78, 5) is 2.08. The van der Waals surface area contributed by atoms with Gasteiger partial charge in [0.1, 0.15) is 12.4 Å². The van der Waals surface area contributed by atoms with Gasteiger partial charge in [-0.3, -0.25) is 4.21 Å². The van der Waals surface area contributed by atoms with Gasteiger partial charge in [0.2, 0.25) is 0 Å². The molecule has 2 aliphatic heterocycles. The molecule has 2 bridgehead atoms. The van der Waals surface area contributed by atoms with E-state index in [1.165, 1.54) is 0 Å². The molecule has 3 rings (SSSR count). The van der Waals surface area contributed by atoms with Crippen LogP contribution in [0, 0.1) is 0 Å². The summed E-state index contributed by atoms with van der Waals surface area (Å²) in [5.74, 6) is 0.830. The molecule has 2 aliphatic rings. The average Bonchev–Trinajstić information content (AvgIpc) is 2.71. The Balaban J connectivity index is 1.66. The number of likely N-dealkylation sites (N-methyl/N-ethyl adjacent to an activating group) is 1. The van der Waals surface area contributed by atoms with E-state index in [2.05, 4.69) is 4.90 Å². The molecule has 0 aromatic heterocycles. The van der Waals surface area contributed by atoms with Crippen LogP contribution in [0.4, 0.5) is 0 Å². The molecule has 122 valence electrons. The average molecular weight is 323 g/mol. The fourth-order valence-electron chi connectivity index (χ4n) is 3.52. The molecule has 4 nitrogen and oxygen atoms in total. The maximum Gasteiger partial charge on any atom is 0.119 e. The molecule has 2 fully saturated rings. The number of rotatable bonds is 5. The molecule has 0 aliphatic carbocycles. The highest BCUT2D eigenvalue weighted by Crippen LogP contribution is 2.45. The van der Waals surface area contributed by atoms with E-state index in [-0.39, 0.29) is 10.5 Å². The summed E-state index contributed by atoms with van der Waals surface area (Å²) in [6, 6.07) is 7.77. The molecule has 2 saturated heterocycles. The Labute approximate surface area is 134 Å². The van der Waals surface area contributed by atoms with Crippen molar-refractivity contribution in [3.05, 3.63) is 29.8 Å². The van der Waals surface area contributed by atoms with Gasteiger partial charge in [0, 0.05) is 27.8 Å². The summed E-state index contributed by atoms with van der Waals surface area (Å²) >= 11 is 0. The van der Waals surface area contributed by atoms with Crippen molar-refractivity contribution in [2.24, 2.45) is 0 Å². The van der Waals surface area contributed by atoms with Gasteiger partial charge in [-0.15, -0.1) is 0 Å². The lowest BCUT2D eigenvalue weighted by Gasteiger charge is -2.36. The molecular formula is C17H25NO3S. The van der Waals surface area contributed by atoms with Gasteiger partial charge in [-0.2, -0.15) is 0 Å². The van der Waals surface area contributed by atoms with Gasteiger partial charge in [-0.05, 0) is 57.5 Å². The molecule has 1 aromatic rings.